The second-order valence-electron chi connectivity index (χ2n) is 7.37. The zero-order valence-corrected chi connectivity index (χ0v) is 15.8. The van der Waals surface area contributed by atoms with Crippen LogP contribution >= 0.6 is 15.9 Å². The van der Waals surface area contributed by atoms with Crippen molar-refractivity contribution in [3.8, 4) is 5.75 Å². The molecule has 1 saturated carbocycles. The first kappa shape index (κ1) is 19.5. The second kappa shape index (κ2) is 7.38. The fourth-order valence-electron chi connectivity index (χ4n) is 4.18. The molecule has 0 unspecified atom stereocenters. The second-order valence-corrected chi connectivity index (χ2v) is 8.22. The van der Waals surface area contributed by atoms with Crippen molar-refractivity contribution in [3.63, 3.8) is 0 Å². The number of aliphatic carboxylic acids is 1. The summed E-state index contributed by atoms with van der Waals surface area (Å²) in [5.41, 5.74) is -0.552. The van der Waals surface area contributed by atoms with E-state index >= 15 is 0 Å². The lowest BCUT2D eigenvalue weighted by atomic mass is 9.58. The SMILES string of the molecule is O=C(O)CN1CCC2(CC1)CC(COc1cccc(Br)c1C(F)(F)F)C2. The van der Waals surface area contributed by atoms with E-state index in [-0.39, 0.29) is 34.7 Å². The van der Waals surface area contributed by atoms with Crippen LogP contribution in [0.5, 0.6) is 5.75 Å². The minimum absolute atomic E-state index is 0.0154. The van der Waals surface area contributed by atoms with Crippen molar-refractivity contribution in [2.45, 2.75) is 31.9 Å². The number of hydrogen-bond donors (Lipinski definition) is 1. The Labute approximate surface area is 158 Å². The minimum atomic E-state index is -4.47. The standard InChI is InChI=1S/C18H21BrF3NO3/c19-13-2-1-3-14(16(13)18(20,21)22)26-11-12-8-17(9-12)4-6-23(7-5-17)10-15(24)25/h1-3,12H,4-11H2,(H,24,25). The van der Waals surface area contributed by atoms with Crippen molar-refractivity contribution in [1.82, 2.24) is 4.90 Å². The first-order valence-corrected chi connectivity index (χ1v) is 9.40. The number of carboxylic acids is 1. The van der Waals surface area contributed by atoms with Crippen LogP contribution in [0.25, 0.3) is 0 Å². The summed E-state index contributed by atoms with van der Waals surface area (Å²) in [7, 11) is 0. The van der Waals surface area contributed by atoms with Gasteiger partial charge in [0, 0.05) is 4.47 Å². The van der Waals surface area contributed by atoms with E-state index in [9.17, 15) is 18.0 Å². The van der Waals surface area contributed by atoms with E-state index in [4.69, 9.17) is 9.84 Å². The van der Waals surface area contributed by atoms with Gasteiger partial charge in [-0.3, -0.25) is 9.69 Å². The molecular formula is C18H21BrF3NO3. The fourth-order valence-corrected chi connectivity index (χ4v) is 4.75. The molecule has 1 aliphatic heterocycles. The van der Waals surface area contributed by atoms with E-state index in [1.54, 1.807) is 0 Å². The molecule has 0 aromatic heterocycles. The summed E-state index contributed by atoms with van der Waals surface area (Å²) in [6, 6.07) is 4.25. The van der Waals surface area contributed by atoms with Crippen LogP contribution in [0.1, 0.15) is 31.2 Å². The molecule has 1 aromatic rings. The fraction of sp³-hybridized carbons (Fsp3) is 0.611. The van der Waals surface area contributed by atoms with Gasteiger partial charge in [-0.2, -0.15) is 13.2 Å². The molecule has 1 aromatic carbocycles. The third-order valence-electron chi connectivity index (χ3n) is 5.45. The van der Waals surface area contributed by atoms with Crippen LogP contribution in [0.4, 0.5) is 13.2 Å². The largest absolute Gasteiger partial charge is 0.493 e. The van der Waals surface area contributed by atoms with Crippen LogP contribution in [0.3, 0.4) is 0 Å². The summed E-state index contributed by atoms with van der Waals surface area (Å²) in [5, 5.41) is 8.84. The van der Waals surface area contributed by atoms with Gasteiger partial charge in [-0.05, 0) is 62.2 Å². The molecule has 1 saturated heterocycles. The lowest BCUT2D eigenvalue weighted by Crippen LogP contribution is -2.49. The lowest BCUT2D eigenvalue weighted by molar-refractivity contribution is -0.140. The van der Waals surface area contributed by atoms with Gasteiger partial charge in [0.15, 0.2) is 0 Å². The first-order valence-electron chi connectivity index (χ1n) is 8.61. The van der Waals surface area contributed by atoms with Crippen LogP contribution in [0, 0.1) is 11.3 Å². The topological polar surface area (TPSA) is 49.8 Å². The van der Waals surface area contributed by atoms with Crippen molar-refractivity contribution in [2.24, 2.45) is 11.3 Å². The van der Waals surface area contributed by atoms with Gasteiger partial charge < -0.3 is 9.84 Å². The highest BCUT2D eigenvalue weighted by Crippen LogP contribution is 2.52. The number of alkyl halides is 3. The minimum Gasteiger partial charge on any atom is -0.493 e. The van der Waals surface area contributed by atoms with Crippen LogP contribution in [0.15, 0.2) is 22.7 Å². The Morgan fingerprint density at radius 1 is 1.31 bits per heavy atom. The van der Waals surface area contributed by atoms with E-state index < -0.39 is 17.7 Å². The summed E-state index contributed by atoms with van der Waals surface area (Å²) >= 11 is 2.95. The Morgan fingerprint density at radius 2 is 1.96 bits per heavy atom. The Hall–Kier alpha value is -1.28. The number of halogens is 4. The third-order valence-corrected chi connectivity index (χ3v) is 6.11. The maximum Gasteiger partial charge on any atom is 0.421 e. The molecule has 3 rings (SSSR count). The number of carboxylic acid groups (broad SMARTS) is 1. The molecule has 0 radical (unpaired) electrons. The molecule has 26 heavy (non-hydrogen) atoms. The Bertz CT molecular complexity index is 664. The monoisotopic (exact) mass is 435 g/mol. The molecular weight excluding hydrogens is 415 g/mol. The van der Waals surface area contributed by atoms with E-state index in [1.165, 1.54) is 18.2 Å². The van der Waals surface area contributed by atoms with E-state index in [0.717, 1.165) is 38.8 Å². The highest BCUT2D eigenvalue weighted by atomic mass is 79.9. The van der Waals surface area contributed by atoms with Crippen molar-refractivity contribution in [1.29, 1.82) is 0 Å². The van der Waals surface area contributed by atoms with Crippen molar-refractivity contribution in [3.05, 3.63) is 28.2 Å². The van der Waals surface area contributed by atoms with E-state index in [1.807, 2.05) is 4.90 Å². The van der Waals surface area contributed by atoms with Crippen molar-refractivity contribution >= 4 is 21.9 Å². The molecule has 0 amide bonds. The Balaban J connectivity index is 1.51. The van der Waals surface area contributed by atoms with Gasteiger partial charge in [0.2, 0.25) is 0 Å². The van der Waals surface area contributed by atoms with Crippen LogP contribution < -0.4 is 4.74 Å². The molecule has 1 N–H and O–H groups in total. The smallest absolute Gasteiger partial charge is 0.421 e. The maximum absolute atomic E-state index is 13.2. The number of piperidine rings is 1. The molecule has 1 spiro atoms. The number of benzene rings is 1. The molecule has 0 atom stereocenters. The van der Waals surface area contributed by atoms with Gasteiger partial charge in [-0.15, -0.1) is 0 Å². The van der Waals surface area contributed by atoms with Crippen LogP contribution in [-0.4, -0.2) is 42.2 Å². The van der Waals surface area contributed by atoms with Crippen molar-refractivity contribution < 1.29 is 27.8 Å². The average molecular weight is 436 g/mol. The number of rotatable bonds is 5. The van der Waals surface area contributed by atoms with Gasteiger partial charge in [-0.25, -0.2) is 0 Å². The number of hydrogen-bond acceptors (Lipinski definition) is 3. The molecule has 2 fully saturated rings. The van der Waals surface area contributed by atoms with Crippen molar-refractivity contribution in [2.75, 3.05) is 26.2 Å². The highest BCUT2D eigenvalue weighted by molar-refractivity contribution is 9.10. The van der Waals surface area contributed by atoms with Crippen LogP contribution in [-0.2, 0) is 11.0 Å². The summed E-state index contributed by atoms with van der Waals surface area (Å²) in [5.74, 6) is -0.694. The normalized spacial score (nSPS) is 20.8. The van der Waals surface area contributed by atoms with Crippen LogP contribution in [0.2, 0.25) is 0 Å². The average Bonchev–Trinajstić information content (AvgIpc) is 2.50. The lowest BCUT2D eigenvalue weighted by Gasteiger charge is -2.52. The maximum atomic E-state index is 13.2. The molecule has 8 heteroatoms. The number of nitrogens with zero attached hydrogens (tertiary/aromatic N) is 1. The third kappa shape index (κ3) is 4.34. The zero-order valence-electron chi connectivity index (χ0n) is 14.2. The number of likely N-dealkylation sites (tertiary alicyclic amines) is 1. The molecule has 0 bridgehead atoms. The predicted octanol–water partition coefficient (Wildman–Crippen LogP) is 4.42. The first-order chi connectivity index (χ1) is 12.2. The summed E-state index contributed by atoms with van der Waals surface area (Å²) < 4.78 is 45.1. The highest BCUT2D eigenvalue weighted by Gasteiger charge is 2.46. The zero-order chi connectivity index (χ0) is 18.9. The predicted molar refractivity (Wildman–Crippen MR) is 93.1 cm³/mol. The Morgan fingerprint density at radius 3 is 2.54 bits per heavy atom. The number of ether oxygens (including phenoxy) is 1. The molecule has 2 aliphatic rings. The quantitative estimate of drug-likeness (QED) is 0.743. The van der Waals surface area contributed by atoms with Gasteiger partial charge in [0.05, 0.1) is 13.2 Å². The molecule has 1 aliphatic carbocycles. The molecule has 4 nitrogen and oxygen atoms in total. The van der Waals surface area contributed by atoms with Gasteiger partial charge in [-0.1, -0.05) is 22.0 Å². The van der Waals surface area contributed by atoms with Gasteiger partial charge >= 0.3 is 12.1 Å². The molecule has 144 valence electrons. The summed E-state index contributed by atoms with van der Waals surface area (Å²) in [6.07, 6.45) is -0.706. The number of carbonyl (C=O) groups is 1. The van der Waals surface area contributed by atoms with E-state index in [2.05, 4.69) is 15.9 Å². The van der Waals surface area contributed by atoms with E-state index in [0.29, 0.717) is 0 Å². The van der Waals surface area contributed by atoms with Gasteiger partial charge in [0.25, 0.3) is 0 Å². The van der Waals surface area contributed by atoms with Gasteiger partial charge in [0.1, 0.15) is 11.3 Å². The summed E-state index contributed by atoms with van der Waals surface area (Å²) in [6.45, 7) is 1.89. The molecule has 1 heterocycles. The Kier molecular flexibility index (Phi) is 5.53. The summed E-state index contributed by atoms with van der Waals surface area (Å²) in [4.78, 5) is 12.7.